The molecule has 1 heteroatoms. The van der Waals surface area contributed by atoms with Crippen molar-refractivity contribution < 1.29 is 0 Å². The number of benzene rings is 2. The molecule has 0 saturated carbocycles. The van der Waals surface area contributed by atoms with Crippen molar-refractivity contribution in [2.45, 2.75) is 45.6 Å². The van der Waals surface area contributed by atoms with Gasteiger partial charge in [0, 0.05) is 6.54 Å². The maximum Gasteiger partial charge on any atom is 0.0239 e. The summed E-state index contributed by atoms with van der Waals surface area (Å²) < 4.78 is 0. The van der Waals surface area contributed by atoms with E-state index in [1.165, 1.54) is 61.5 Å². The molecule has 1 heterocycles. The second-order valence-corrected chi connectivity index (χ2v) is 6.50. The van der Waals surface area contributed by atoms with E-state index in [0.29, 0.717) is 0 Å². The van der Waals surface area contributed by atoms with Gasteiger partial charge < -0.3 is 0 Å². The molecule has 0 amide bonds. The van der Waals surface area contributed by atoms with Crippen molar-refractivity contribution in [3.05, 3.63) is 48.0 Å². The number of hydrogen-bond acceptors (Lipinski definition) is 1. The Balaban J connectivity index is 1.62. The Morgan fingerprint density at radius 1 is 1.00 bits per heavy atom. The molecule has 1 fully saturated rings. The first-order valence-corrected chi connectivity index (χ1v) is 8.56. The minimum atomic E-state index is 0.980. The molecule has 0 aromatic heterocycles. The van der Waals surface area contributed by atoms with Crippen LogP contribution in [0, 0.1) is 5.92 Å². The zero-order valence-corrected chi connectivity index (χ0v) is 13.2. The first kappa shape index (κ1) is 14.6. The summed E-state index contributed by atoms with van der Waals surface area (Å²) in [5, 5.41) is 2.79. The van der Waals surface area contributed by atoms with Crippen LogP contribution < -0.4 is 0 Å². The van der Waals surface area contributed by atoms with Crippen molar-refractivity contribution in [2.75, 3.05) is 13.1 Å². The lowest BCUT2D eigenvalue weighted by Crippen LogP contribution is -2.33. The number of fused-ring (bicyclic) bond motifs is 1. The van der Waals surface area contributed by atoms with E-state index in [9.17, 15) is 0 Å². The third-order valence-electron chi connectivity index (χ3n) is 4.95. The van der Waals surface area contributed by atoms with Crippen LogP contribution in [0.3, 0.4) is 0 Å². The summed E-state index contributed by atoms with van der Waals surface area (Å²) in [7, 11) is 0. The van der Waals surface area contributed by atoms with Crippen LogP contribution in [-0.4, -0.2) is 18.0 Å². The van der Waals surface area contributed by atoms with Crippen LogP contribution in [0.1, 0.15) is 44.6 Å². The molecule has 21 heavy (non-hydrogen) atoms. The van der Waals surface area contributed by atoms with Crippen molar-refractivity contribution in [1.82, 2.24) is 4.90 Å². The molecule has 1 nitrogen and oxygen atoms in total. The molecule has 0 atom stereocenters. The molecule has 2 aromatic carbocycles. The molecule has 0 unspecified atom stereocenters. The van der Waals surface area contributed by atoms with Gasteiger partial charge in [-0.3, -0.25) is 4.90 Å². The van der Waals surface area contributed by atoms with Gasteiger partial charge in [0.2, 0.25) is 0 Å². The summed E-state index contributed by atoms with van der Waals surface area (Å²) in [6.45, 7) is 5.96. The Morgan fingerprint density at radius 3 is 2.57 bits per heavy atom. The highest BCUT2D eigenvalue weighted by molar-refractivity contribution is 5.85. The highest BCUT2D eigenvalue weighted by atomic mass is 15.1. The van der Waals surface area contributed by atoms with E-state index in [4.69, 9.17) is 0 Å². The summed E-state index contributed by atoms with van der Waals surface area (Å²) >= 11 is 0. The fourth-order valence-corrected chi connectivity index (χ4v) is 3.60. The lowest BCUT2D eigenvalue weighted by atomic mass is 9.91. The topological polar surface area (TPSA) is 3.24 Å². The lowest BCUT2D eigenvalue weighted by Gasteiger charge is -2.32. The van der Waals surface area contributed by atoms with E-state index in [1.807, 2.05) is 0 Å². The van der Waals surface area contributed by atoms with E-state index in [2.05, 4.69) is 54.3 Å². The lowest BCUT2D eigenvalue weighted by molar-refractivity contribution is 0.171. The molecule has 0 spiro atoms. The fourth-order valence-electron chi connectivity index (χ4n) is 3.60. The van der Waals surface area contributed by atoms with Crippen molar-refractivity contribution in [1.29, 1.82) is 0 Å². The van der Waals surface area contributed by atoms with Crippen molar-refractivity contribution in [3.8, 4) is 0 Å². The maximum atomic E-state index is 2.64. The summed E-state index contributed by atoms with van der Waals surface area (Å²) in [5.74, 6) is 0.980. The van der Waals surface area contributed by atoms with Gasteiger partial charge in [-0.2, -0.15) is 0 Å². The summed E-state index contributed by atoms with van der Waals surface area (Å²) in [5.41, 5.74) is 1.49. The Kier molecular flexibility index (Phi) is 4.92. The number of nitrogens with zero attached hydrogens (tertiary/aromatic N) is 1. The smallest absolute Gasteiger partial charge is 0.0239 e. The summed E-state index contributed by atoms with van der Waals surface area (Å²) in [6, 6.07) is 15.5. The second-order valence-electron chi connectivity index (χ2n) is 6.50. The molecule has 0 N–H and O–H groups in total. The average molecular weight is 281 g/mol. The highest BCUT2D eigenvalue weighted by Crippen LogP contribution is 2.25. The first-order valence-electron chi connectivity index (χ1n) is 8.56. The zero-order valence-electron chi connectivity index (χ0n) is 13.2. The molecule has 1 saturated heterocycles. The molecular weight excluding hydrogens is 254 g/mol. The van der Waals surface area contributed by atoms with Crippen molar-refractivity contribution in [2.24, 2.45) is 5.92 Å². The van der Waals surface area contributed by atoms with Crippen LogP contribution in [0.5, 0.6) is 0 Å². The van der Waals surface area contributed by atoms with Crippen LogP contribution in [0.15, 0.2) is 42.5 Å². The molecule has 0 aliphatic carbocycles. The van der Waals surface area contributed by atoms with Gasteiger partial charge >= 0.3 is 0 Å². The number of hydrogen-bond donors (Lipinski definition) is 0. The number of piperidine rings is 1. The molecule has 2 aromatic rings. The van der Waals surface area contributed by atoms with Gasteiger partial charge in [0.1, 0.15) is 0 Å². The van der Waals surface area contributed by atoms with E-state index in [1.54, 1.807) is 0 Å². The Labute approximate surface area is 129 Å². The standard InChI is InChI=1S/C20H27N/c1-2-3-7-17-12-14-21(15-13-17)16-19-10-6-9-18-8-4-5-11-20(18)19/h4-6,8-11,17H,2-3,7,12-16H2,1H3. The number of unbranched alkanes of at least 4 members (excludes halogenated alkanes) is 1. The zero-order chi connectivity index (χ0) is 14.5. The molecule has 1 aliphatic heterocycles. The van der Waals surface area contributed by atoms with E-state index in [0.717, 1.165) is 12.5 Å². The summed E-state index contributed by atoms with van der Waals surface area (Å²) in [4.78, 5) is 2.64. The van der Waals surface area contributed by atoms with Crippen LogP contribution in [0.25, 0.3) is 10.8 Å². The summed E-state index contributed by atoms with van der Waals surface area (Å²) in [6.07, 6.45) is 6.98. The molecule has 1 aliphatic rings. The van der Waals surface area contributed by atoms with Gasteiger partial charge in [0.15, 0.2) is 0 Å². The predicted octanol–water partition coefficient (Wildman–Crippen LogP) is 5.24. The number of rotatable bonds is 5. The van der Waals surface area contributed by atoms with E-state index in [-0.39, 0.29) is 0 Å². The largest absolute Gasteiger partial charge is 0.299 e. The quantitative estimate of drug-likeness (QED) is 0.724. The number of likely N-dealkylation sites (tertiary alicyclic amines) is 1. The van der Waals surface area contributed by atoms with Crippen LogP contribution in [0.2, 0.25) is 0 Å². The van der Waals surface area contributed by atoms with Crippen molar-refractivity contribution in [3.63, 3.8) is 0 Å². The Bertz CT molecular complexity index is 562. The Hall–Kier alpha value is -1.34. The van der Waals surface area contributed by atoms with Gasteiger partial charge in [-0.1, -0.05) is 68.7 Å². The van der Waals surface area contributed by atoms with E-state index < -0.39 is 0 Å². The van der Waals surface area contributed by atoms with Gasteiger partial charge in [-0.05, 0) is 48.2 Å². The van der Waals surface area contributed by atoms with Crippen LogP contribution in [0.4, 0.5) is 0 Å². The van der Waals surface area contributed by atoms with Crippen LogP contribution in [-0.2, 0) is 6.54 Å². The molecule has 3 rings (SSSR count). The molecule has 0 radical (unpaired) electrons. The molecule has 0 bridgehead atoms. The SMILES string of the molecule is CCCCC1CCN(Cc2cccc3ccccc23)CC1. The normalized spacial score (nSPS) is 17.4. The Morgan fingerprint density at radius 2 is 1.76 bits per heavy atom. The molecule has 112 valence electrons. The molecular formula is C20H27N. The predicted molar refractivity (Wildman–Crippen MR) is 91.5 cm³/mol. The highest BCUT2D eigenvalue weighted by Gasteiger charge is 2.19. The third-order valence-corrected chi connectivity index (χ3v) is 4.95. The van der Waals surface area contributed by atoms with Gasteiger partial charge in [0.25, 0.3) is 0 Å². The van der Waals surface area contributed by atoms with Crippen LogP contribution >= 0.6 is 0 Å². The van der Waals surface area contributed by atoms with Gasteiger partial charge in [-0.15, -0.1) is 0 Å². The second kappa shape index (κ2) is 7.09. The van der Waals surface area contributed by atoms with E-state index >= 15 is 0 Å². The van der Waals surface area contributed by atoms with Gasteiger partial charge in [-0.25, -0.2) is 0 Å². The maximum absolute atomic E-state index is 2.64. The fraction of sp³-hybridized carbons (Fsp3) is 0.500. The van der Waals surface area contributed by atoms with Gasteiger partial charge in [0.05, 0.1) is 0 Å². The third kappa shape index (κ3) is 3.65. The van der Waals surface area contributed by atoms with Crippen molar-refractivity contribution >= 4 is 10.8 Å². The monoisotopic (exact) mass is 281 g/mol. The first-order chi connectivity index (χ1) is 10.4. The minimum absolute atomic E-state index is 0.980. The minimum Gasteiger partial charge on any atom is -0.299 e. The average Bonchev–Trinajstić information content (AvgIpc) is 2.55.